The molecule has 0 aliphatic carbocycles. The van der Waals surface area contributed by atoms with Gasteiger partial charge in [0.15, 0.2) is 0 Å². The molecule has 8 heteroatoms. The van der Waals surface area contributed by atoms with Gasteiger partial charge in [-0.3, -0.25) is 4.79 Å². The van der Waals surface area contributed by atoms with Crippen LogP contribution in [-0.4, -0.2) is 43.4 Å². The maximum absolute atomic E-state index is 12.8. The Bertz CT molecular complexity index is 1030. The molecule has 0 fully saturated rings. The van der Waals surface area contributed by atoms with E-state index >= 15 is 0 Å². The molecule has 1 amide bonds. The van der Waals surface area contributed by atoms with Crippen molar-refractivity contribution in [2.45, 2.75) is 52.6 Å². The number of unbranched alkanes of at least 4 members (excludes halogenated alkanes) is 1. The van der Waals surface area contributed by atoms with Gasteiger partial charge in [-0.1, -0.05) is 75.7 Å². The summed E-state index contributed by atoms with van der Waals surface area (Å²) >= 11 is 0. The number of aromatic nitrogens is 4. The first-order valence-corrected chi connectivity index (χ1v) is 10.8. The van der Waals surface area contributed by atoms with Crippen molar-refractivity contribution in [3.63, 3.8) is 0 Å². The van der Waals surface area contributed by atoms with E-state index in [0.717, 1.165) is 35.1 Å². The highest BCUT2D eigenvalue weighted by molar-refractivity contribution is 5.83. The molecule has 32 heavy (non-hydrogen) atoms. The van der Waals surface area contributed by atoms with Crippen LogP contribution in [0.15, 0.2) is 48.5 Å². The number of carboxylic acid groups (broad SMARTS) is 1. The Morgan fingerprint density at radius 3 is 2.31 bits per heavy atom. The first-order chi connectivity index (χ1) is 15.4. The number of hydrogen-bond acceptors (Lipinski definition) is 6. The second kappa shape index (κ2) is 10.7. The smallest absolute Gasteiger partial charge is 0.223 e. The van der Waals surface area contributed by atoms with E-state index in [1.165, 1.54) is 4.90 Å². The molecule has 0 spiro atoms. The Morgan fingerprint density at radius 1 is 1.06 bits per heavy atom. The molecule has 0 aliphatic rings. The zero-order chi connectivity index (χ0) is 23.1. The van der Waals surface area contributed by atoms with Crippen molar-refractivity contribution < 1.29 is 14.7 Å². The minimum absolute atomic E-state index is 0.165. The van der Waals surface area contributed by atoms with Crippen LogP contribution in [0, 0.1) is 5.92 Å². The van der Waals surface area contributed by atoms with Crippen molar-refractivity contribution in [2.24, 2.45) is 5.92 Å². The number of nitrogens with one attached hydrogen (secondary N) is 1. The summed E-state index contributed by atoms with van der Waals surface area (Å²) < 4.78 is 0. The monoisotopic (exact) mass is 434 g/mol. The lowest BCUT2D eigenvalue weighted by atomic mass is 9.97. The third-order valence-corrected chi connectivity index (χ3v) is 5.40. The molecule has 8 nitrogen and oxygen atoms in total. The van der Waals surface area contributed by atoms with Gasteiger partial charge in [0.05, 0.1) is 12.0 Å². The van der Waals surface area contributed by atoms with Crippen LogP contribution in [0.1, 0.15) is 45.6 Å². The minimum Gasteiger partial charge on any atom is -0.548 e. The number of tetrazole rings is 1. The summed E-state index contributed by atoms with van der Waals surface area (Å²) in [5, 5.41) is 26.1. The van der Waals surface area contributed by atoms with Crippen molar-refractivity contribution in [1.82, 2.24) is 25.5 Å². The highest BCUT2D eigenvalue weighted by Crippen LogP contribution is 2.30. The molecule has 0 unspecified atom stereocenters. The number of rotatable bonds is 10. The molecule has 1 atom stereocenters. The Balaban J connectivity index is 1.87. The molecule has 3 aromatic rings. The third kappa shape index (κ3) is 5.38. The Labute approximate surface area is 187 Å². The molecule has 3 rings (SSSR count). The second-order valence-electron chi connectivity index (χ2n) is 8.11. The number of aliphatic carboxylic acids is 1. The molecule has 2 aromatic carbocycles. The largest absolute Gasteiger partial charge is 0.548 e. The number of carbonyl (C=O) groups is 2. The summed E-state index contributed by atoms with van der Waals surface area (Å²) in [7, 11) is 0. The Morgan fingerprint density at radius 2 is 1.75 bits per heavy atom. The Hall–Kier alpha value is -3.55. The number of hydrogen-bond donors (Lipinski definition) is 1. The molecule has 0 saturated heterocycles. The van der Waals surface area contributed by atoms with Crippen LogP contribution >= 0.6 is 0 Å². The van der Waals surface area contributed by atoms with Gasteiger partial charge < -0.3 is 14.8 Å². The van der Waals surface area contributed by atoms with Crippen LogP contribution in [0.2, 0.25) is 0 Å². The highest BCUT2D eigenvalue weighted by atomic mass is 16.4. The summed E-state index contributed by atoms with van der Waals surface area (Å²) in [5.74, 6) is -1.14. The SMILES string of the molecule is CCCCC(=O)N(Cc1ccc(-c2ccccc2-c2nn[nH]n2)cc1)[C@H](C(=O)[O-])C(C)C. The zero-order valence-electron chi connectivity index (χ0n) is 18.6. The standard InChI is InChI=1S/C24H29N5O3/c1-4-5-10-21(30)29(22(16(2)3)24(31)32)15-17-11-13-18(14-12-17)19-8-6-7-9-20(19)23-25-27-28-26-23/h6-9,11-14,16,22H,4-5,10,15H2,1-3H3,(H,31,32)(H,25,26,27,28)/p-1/t22-/m0/s1. The lowest BCUT2D eigenvalue weighted by Gasteiger charge is -2.35. The number of benzene rings is 2. The van der Waals surface area contributed by atoms with Gasteiger partial charge in [0.1, 0.15) is 0 Å². The number of H-pyrrole nitrogens is 1. The van der Waals surface area contributed by atoms with Crippen LogP contribution in [0.5, 0.6) is 0 Å². The quantitative estimate of drug-likeness (QED) is 0.525. The number of amides is 1. The fourth-order valence-corrected chi connectivity index (χ4v) is 3.76. The summed E-state index contributed by atoms with van der Waals surface area (Å²) in [6.45, 7) is 5.80. The molecular weight excluding hydrogens is 406 g/mol. The third-order valence-electron chi connectivity index (χ3n) is 5.40. The summed E-state index contributed by atoms with van der Waals surface area (Å²) in [6.07, 6.45) is 1.91. The van der Waals surface area contributed by atoms with Gasteiger partial charge in [-0.15, -0.1) is 10.2 Å². The van der Waals surface area contributed by atoms with Crippen molar-refractivity contribution in [1.29, 1.82) is 0 Å². The molecule has 0 saturated carbocycles. The molecule has 1 heterocycles. The fraction of sp³-hybridized carbons (Fsp3) is 0.375. The molecule has 0 radical (unpaired) electrons. The molecule has 0 bridgehead atoms. The molecule has 168 valence electrons. The van der Waals surface area contributed by atoms with Crippen molar-refractivity contribution in [2.75, 3.05) is 0 Å². The van der Waals surface area contributed by atoms with Gasteiger partial charge >= 0.3 is 0 Å². The maximum atomic E-state index is 12.8. The van der Waals surface area contributed by atoms with E-state index in [4.69, 9.17) is 0 Å². The van der Waals surface area contributed by atoms with E-state index < -0.39 is 12.0 Å². The van der Waals surface area contributed by atoms with Gasteiger partial charge in [0.2, 0.25) is 11.7 Å². The number of carboxylic acids is 1. The van der Waals surface area contributed by atoms with Crippen LogP contribution in [-0.2, 0) is 16.1 Å². The summed E-state index contributed by atoms with van der Waals surface area (Å²) in [6, 6.07) is 14.5. The topological polar surface area (TPSA) is 115 Å². The van der Waals surface area contributed by atoms with Crippen LogP contribution in [0.3, 0.4) is 0 Å². The van der Waals surface area contributed by atoms with Gasteiger partial charge in [-0.2, -0.15) is 5.21 Å². The Kier molecular flexibility index (Phi) is 7.70. The van der Waals surface area contributed by atoms with E-state index in [1.807, 2.05) is 55.5 Å². The number of aromatic amines is 1. The average molecular weight is 435 g/mol. The molecule has 1 aromatic heterocycles. The van der Waals surface area contributed by atoms with E-state index in [9.17, 15) is 14.7 Å². The lowest BCUT2D eigenvalue weighted by molar-refractivity contribution is -0.313. The van der Waals surface area contributed by atoms with Crippen molar-refractivity contribution in [3.05, 3.63) is 54.1 Å². The van der Waals surface area contributed by atoms with Crippen molar-refractivity contribution in [3.8, 4) is 22.5 Å². The predicted octanol–water partition coefficient (Wildman–Crippen LogP) is 2.83. The zero-order valence-corrected chi connectivity index (χ0v) is 18.6. The van der Waals surface area contributed by atoms with E-state index in [-0.39, 0.29) is 18.4 Å². The van der Waals surface area contributed by atoms with Gasteiger partial charge in [0, 0.05) is 18.5 Å². The van der Waals surface area contributed by atoms with Crippen LogP contribution < -0.4 is 5.11 Å². The average Bonchev–Trinajstić information content (AvgIpc) is 3.32. The first kappa shape index (κ1) is 23.1. The summed E-state index contributed by atoms with van der Waals surface area (Å²) in [5.41, 5.74) is 3.61. The van der Waals surface area contributed by atoms with E-state index in [0.29, 0.717) is 12.2 Å². The van der Waals surface area contributed by atoms with Gasteiger partial charge in [-0.05, 0) is 34.2 Å². The lowest BCUT2D eigenvalue weighted by Crippen LogP contribution is -2.52. The second-order valence-corrected chi connectivity index (χ2v) is 8.11. The van der Waals surface area contributed by atoms with Gasteiger partial charge in [-0.25, -0.2) is 0 Å². The van der Waals surface area contributed by atoms with E-state index in [2.05, 4.69) is 20.6 Å². The fourth-order valence-electron chi connectivity index (χ4n) is 3.76. The van der Waals surface area contributed by atoms with Gasteiger partial charge in [0.25, 0.3) is 0 Å². The molecule has 0 aliphatic heterocycles. The maximum Gasteiger partial charge on any atom is 0.223 e. The minimum atomic E-state index is -1.23. The van der Waals surface area contributed by atoms with E-state index in [1.54, 1.807) is 13.8 Å². The number of carbonyl (C=O) groups excluding carboxylic acids is 2. The number of nitrogens with zero attached hydrogens (tertiary/aromatic N) is 4. The molecular formula is C24H28N5O3-. The molecule has 1 N–H and O–H groups in total. The summed E-state index contributed by atoms with van der Waals surface area (Å²) in [4.78, 5) is 26.1. The van der Waals surface area contributed by atoms with Crippen LogP contribution in [0.4, 0.5) is 0 Å². The highest BCUT2D eigenvalue weighted by Gasteiger charge is 2.27. The first-order valence-electron chi connectivity index (χ1n) is 10.8. The van der Waals surface area contributed by atoms with Crippen LogP contribution in [0.25, 0.3) is 22.5 Å². The normalized spacial score (nSPS) is 12.0. The van der Waals surface area contributed by atoms with Crippen molar-refractivity contribution >= 4 is 11.9 Å². The predicted molar refractivity (Wildman–Crippen MR) is 119 cm³/mol.